The van der Waals surface area contributed by atoms with Crippen LogP contribution < -0.4 is 11.5 Å². The predicted octanol–water partition coefficient (Wildman–Crippen LogP) is 2.64. The largest absolute Gasteiger partial charge is 0.436 e. The highest BCUT2D eigenvalue weighted by atomic mass is 16.3. The Labute approximate surface area is 110 Å². The van der Waals surface area contributed by atoms with Crippen LogP contribution in [0.3, 0.4) is 0 Å². The van der Waals surface area contributed by atoms with Crippen LogP contribution in [-0.2, 0) is 0 Å². The molecule has 0 bridgehead atoms. The lowest BCUT2D eigenvalue weighted by Crippen LogP contribution is -1.89. The molecule has 3 aromatic rings. The Morgan fingerprint density at radius 2 is 1.84 bits per heavy atom. The Balaban J connectivity index is 2.24. The van der Waals surface area contributed by atoms with Gasteiger partial charge in [-0.05, 0) is 18.2 Å². The van der Waals surface area contributed by atoms with Gasteiger partial charge in [-0.15, -0.1) is 6.42 Å². The van der Waals surface area contributed by atoms with Gasteiger partial charge in [0.1, 0.15) is 11.4 Å². The summed E-state index contributed by atoms with van der Waals surface area (Å²) in [4.78, 5) is 4.33. The van der Waals surface area contributed by atoms with Crippen LogP contribution in [0.25, 0.3) is 22.2 Å². The van der Waals surface area contributed by atoms with E-state index in [1.165, 1.54) is 0 Å². The van der Waals surface area contributed by atoms with E-state index in [4.69, 9.17) is 22.3 Å². The lowest BCUT2D eigenvalue weighted by molar-refractivity contribution is 0.638. The third kappa shape index (κ3) is 1.69. The Hall–Kier alpha value is -2.93. The number of fused-ring (bicyclic) bond motifs is 1. The summed E-state index contributed by atoms with van der Waals surface area (Å²) < 4.78 is 5.49. The normalized spacial score (nSPS) is 10.5. The molecular weight excluding hydrogens is 238 g/mol. The fraction of sp³-hybridized carbons (Fsp3) is 0. The van der Waals surface area contributed by atoms with Gasteiger partial charge in [0, 0.05) is 22.7 Å². The van der Waals surface area contributed by atoms with Crippen LogP contribution in [0.4, 0.5) is 11.6 Å². The van der Waals surface area contributed by atoms with Gasteiger partial charge in [0.05, 0.1) is 0 Å². The van der Waals surface area contributed by atoms with Crippen LogP contribution in [0.5, 0.6) is 0 Å². The fourth-order valence-electron chi connectivity index (χ4n) is 1.99. The summed E-state index contributed by atoms with van der Waals surface area (Å²) >= 11 is 0. The number of nitrogens with zero attached hydrogens (tertiary/aromatic N) is 1. The molecule has 4 N–H and O–H groups in total. The van der Waals surface area contributed by atoms with Gasteiger partial charge < -0.3 is 15.9 Å². The highest BCUT2D eigenvalue weighted by molar-refractivity contribution is 6.01. The van der Waals surface area contributed by atoms with Crippen molar-refractivity contribution in [2.75, 3.05) is 11.5 Å². The zero-order chi connectivity index (χ0) is 13.4. The second-order valence-corrected chi connectivity index (χ2v) is 4.14. The Morgan fingerprint density at radius 3 is 2.53 bits per heavy atom. The maximum Gasteiger partial charge on any atom is 0.214 e. The average molecular weight is 249 g/mol. The van der Waals surface area contributed by atoms with Crippen molar-refractivity contribution in [1.29, 1.82) is 0 Å². The van der Waals surface area contributed by atoms with Gasteiger partial charge in [-0.2, -0.15) is 0 Å². The molecule has 19 heavy (non-hydrogen) atoms. The van der Waals surface area contributed by atoms with Gasteiger partial charge in [0.15, 0.2) is 5.58 Å². The van der Waals surface area contributed by atoms with E-state index >= 15 is 0 Å². The lowest BCUT2D eigenvalue weighted by atomic mass is 10.1. The lowest BCUT2D eigenvalue weighted by Gasteiger charge is -2.01. The van der Waals surface area contributed by atoms with Gasteiger partial charge in [-0.3, -0.25) is 4.98 Å². The maximum atomic E-state index is 5.86. The Kier molecular flexibility index (Phi) is 2.39. The van der Waals surface area contributed by atoms with E-state index in [-0.39, 0.29) is 5.88 Å². The number of nitrogens with two attached hydrogens (primary N) is 2. The van der Waals surface area contributed by atoms with E-state index in [0.29, 0.717) is 17.0 Å². The molecule has 0 atom stereocenters. The molecule has 0 aliphatic carbocycles. The second kappa shape index (κ2) is 4.07. The van der Waals surface area contributed by atoms with Gasteiger partial charge in [0.2, 0.25) is 5.88 Å². The number of pyridine rings is 1. The minimum atomic E-state index is 0.212. The van der Waals surface area contributed by atoms with Gasteiger partial charge >= 0.3 is 0 Å². The summed E-state index contributed by atoms with van der Waals surface area (Å²) in [7, 11) is 0. The molecule has 0 unspecified atom stereocenters. The van der Waals surface area contributed by atoms with Crippen LogP contribution in [0.1, 0.15) is 5.56 Å². The SMILES string of the molecule is C#Cc1ccc(-c2nccc3c(N)c(N)oc23)cc1. The van der Waals surface area contributed by atoms with Crippen molar-refractivity contribution in [3.63, 3.8) is 0 Å². The summed E-state index contributed by atoms with van der Waals surface area (Å²) in [6, 6.07) is 9.28. The topological polar surface area (TPSA) is 78.1 Å². The first-order valence-electron chi connectivity index (χ1n) is 5.70. The number of terminal acetylenes is 1. The molecule has 0 saturated heterocycles. The molecule has 2 heterocycles. The number of rotatable bonds is 1. The Bertz CT molecular complexity index is 795. The molecule has 0 aliphatic rings. The van der Waals surface area contributed by atoms with Crippen LogP contribution >= 0.6 is 0 Å². The van der Waals surface area contributed by atoms with Crippen LogP contribution in [0.15, 0.2) is 40.9 Å². The van der Waals surface area contributed by atoms with Crippen molar-refractivity contribution in [3.8, 4) is 23.6 Å². The third-order valence-electron chi connectivity index (χ3n) is 3.00. The first-order valence-corrected chi connectivity index (χ1v) is 5.70. The highest BCUT2D eigenvalue weighted by Gasteiger charge is 2.14. The molecule has 0 amide bonds. The molecule has 0 spiro atoms. The average Bonchev–Trinajstić information content (AvgIpc) is 2.75. The highest BCUT2D eigenvalue weighted by Crippen LogP contribution is 2.35. The molecule has 4 heteroatoms. The van der Waals surface area contributed by atoms with Crippen LogP contribution in [-0.4, -0.2) is 4.98 Å². The monoisotopic (exact) mass is 249 g/mol. The number of hydrogen-bond donors (Lipinski definition) is 2. The summed E-state index contributed by atoms with van der Waals surface area (Å²) in [6.45, 7) is 0. The number of hydrogen-bond acceptors (Lipinski definition) is 4. The number of anilines is 2. The maximum absolute atomic E-state index is 5.86. The molecule has 1 aromatic carbocycles. The van der Waals surface area contributed by atoms with Crippen molar-refractivity contribution in [2.24, 2.45) is 0 Å². The van der Waals surface area contributed by atoms with Crippen molar-refractivity contribution in [1.82, 2.24) is 4.98 Å². The van der Waals surface area contributed by atoms with Crippen molar-refractivity contribution in [2.45, 2.75) is 0 Å². The summed E-state index contributed by atoms with van der Waals surface area (Å²) in [6.07, 6.45) is 7.01. The summed E-state index contributed by atoms with van der Waals surface area (Å²) in [5, 5.41) is 0.767. The number of aromatic nitrogens is 1. The molecule has 2 aromatic heterocycles. The van der Waals surface area contributed by atoms with E-state index in [9.17, 15) is 0 Å². The number of furan rings is 1. The van der Waals surface area contributed by atoms with E-state index in [2.05, 4.69) is 10.9 Å². The molecule has 3 rings (SSSR count). The quantitative estimate of drug-likeness (QED) is 0.650. The molecule has 0 radical (unpaired) electrons. The zero-order valence-electron chi connectivity index (χ0n) is 10.1. The van der Waals surface area contributed by atoms with Gasteiger partial charge in [-0.25, -0.2) is 0 Å². The number of benzene rings is 1. The molecule has 4 nitrogen and oxygen atoms in total. The van der Waals surface area contributed by atoms with Gasteiger partial charge in [-0.1, -0.05) is 18.1 Å². The van der Waals surface area contributed by atoms with E-state index in [1.54, 1.807) is 12.3 Å². The molecular formula is C15H11N3O. The molecule has 0 aliphatic heterocycles. The van der Waals surface area contributed by atoms with Gasteiger partial charge in [0.25, 0.3) is 0 Å². The molecule has 0 fully saturated rings. The zero-order valence-corrected chi connectivity index (χ0v) is 10.1. The second-order valence-electron chi connectivity index (χ2n) is 4.14. The van der Waals surface area contributed by atoms with Crippen LogP contribution in [0, 0.1) is 12.3 Å². The van der Waals surface area contributed by atoms with E-state index in [0.717, 1.165) is 16.5 Å². The summed E-state index contributed by atoms with van der Waals surface area (Å²) in [5.74, 6) is 2.78. The smallest absolute Gasteiger partial charge is 0.214 e. The molecule has 92 valence electrons. The minimum absolute atomic E-state index is 0.212. The van der Waals surface area contributed by atoms with Crippen LogP contribution in [0.2, 0.25) is 0 Å². The van der Waals surface area contributed by atoms with Crippen molar-refractivity contribution in [3.05, 3.63) is 42.1 Å². The fourth-order valence-corrected chi connectivity index (χ4v) is 1.99. The number of nitrogen functional groups attached to an aromatic ring is 2. The van der Waals surface area contributed by atoms with Crippen molar-refractivity contribution >= 4 is 22.5 Å². The summed E-state index contributed by atoms with van der Waals surface area (Å²) in [5.41, 5.74) is 15.0. The first kappa shape index (κ1) is 11.2. The predicted molar refractivity (Wildman–Crippen MR) is 76.2 cm³/mol. The Morgan fingerprint density at radius 1 is 1.11 bits per heavy atom. The third-order valence-corrected chi connectivity index (χ3v) is 3.00. The standard InChI is InChI=1S/C15H11N3O/c1-2-9-3-5-10(6-4-9)13-14-11(7-8-18-13)12(16)15(17)19-14/h1,3-8H,16-17H2. The molecule has 0 saturated carbocycles. The first-order chi connectivity index (χ1) is 9.20. The van der Waals surface area contributed by atoms with E-state index < -0.39 is 0 Å². The van der Waals surface area contributed by atoms with Crippen molar-refractivity contribution < 1.29 is 4.42 Å². The minimum Gasteiger partial charge on any atom is -0.436 e. The van der Waals surface area contributed by atoms with E-state index in [1.807, 2.05) is 24.3 Å².